The molecule has 1 aliphatic carbocycles. The average Bonchev–Trinajstić information content (AvgIpc) is 2.87. The summed E-state index contributed by atoms with van der Waals surface area (Å²) in [6.45, 7) is 7.72. The quantitative estimate of drug-likeness (QED) is 0.767. The molecule has 0 bridgehead atoms. The van der Waals surface area contributed by atoms with E-state index in [2.05, 4.69) is 22.5 Å². The van der Waals surface area contributed by atoms with E-state index in [-0.39, 0.29) is 11.4 Å². The van der Waals surface area contributed by atoms with Gasteiger partial charge < -0.3 is 15.5 Å². The molecule has 4 heteroatoms. The SMILES string of the molecule is CCCC(=O)NC1(CCN2CCNCC2)CCCC1. The molecule has 1 saturated carbocycles. The standard InChI is InChI=1S/C15H29N3O/c1-2-5-14(19)17-15(6-3-4-7-15)8-11-18-12-9-16-10-13-18/h16H,2-13H2,1H3,(H,17,19). The number of carbonyl (C=O) groups is 1. The monoisotopic (exact) mass is 267 g/mol. The van der Waals surface area contributed by atoms with Crippen LogP contribution in [0.2, 0.25) is 0 Å². The molecule has 4 nitrogen and oxygen atoms in total. The zero-order valence-corrected chi connectivity index (χ0v) is 12.3. The third kappa shape index (κ3) is 4.46. The normalized spacial score (nSPS) is 23.4. The van der Waals surface area contributed by atoms with Crippen LogP contribution in [0.4, 0.5) is 0 Å². The second-order valence-corrected chi connectivity index (χ2v) is 6.13. The van der Waals surface area contributed by atoms with Crippen molar-refractivity contribution in [1.29, 1.82) is 0 Å². The summed E-state index contributed by atoms with van der Waals surface area (Å²) in [6, 6.07) is 0. The third-order valence-electron chi connectivity index (χ3n) is 4.56. The van der Waals surface area contributed by atoms with Gasteiger partial charge in [0.15, 0.2) is 0 Å². The highest BCUT2D eigenvalue weighted by atomic mass is 16.1. The van der Waals surface area contributed by atoms with Crippen LogP contribution >= 0.6 is 0 Å². The molecule has 1 amide bonds. The lowest BCUT2D eigenvalue weighted by Gasteiger charge is -2.34. The molecule has 0 aromatic carbocycles. The van der Waals surface area contributed by atoms with Gasteiger partial charge in [-0.05, 0) is 25.7 Å². The minimum Gasteiger partial charge on any atom is -0.351 e. The van der Waals surface area contributed by atoms with E-state index < -0.39 is 0 Å². The van der Waals surface area contributed by atoms with Crippen LogP contribution in [-0.4, -0.2) is 49.1 Å². The molecule has 2 aliphatic rings. The summed E-state index contributed by atoms with van der Waals surface area (Å²) in [6.07, 6.45) is 7.64. The molecule has 2 rings (SSSR count). The fourth-order valence-electron chi connectivity index (χ4n) is 3.38. The molecular formula is C15H29N3O. The van der Waals surface area contributed by atoms with Gasteiger partial charge in [-0.1, -0.05) is 19.8 Å². The molecule has 2 N–H and O–H groups in total. The molecule has 0 aromatic rings. The van der Waals surface area contributed by atoms with Crippen molar-refractivity contribution in [3.63, 3.8) is 0 Å². The van der Waals surface area contributed by atoms with Crippen LogP contribution in [0, 0.1) is 0 Å². The Morgan fingerprint density at radius 3 is 2.58 bits per heavy atom. The smallest absolute Gasteiger partial charge is 0.220 e. The Balaban J connectivity index is 1.82. The molecule has 0 spiro atoms. The van der Waals surface area contributed by atoms with E-state index in [1.807, 2.05) is 0 Å². The zero-order chi connectivity index (χ0) is 13.6. The Bertz CT molecular complexity index is 281. The van der Waals surface area contributed by atoms with Crippen molar-refractivity contribution in [3.8, 4) is 0 Å². The number of carbonyl (C=O) groups excluding carboxylic acids is 1. The Morgan fingerprint density at radius 1 is 1.26 bits per heavy atom. The maximum absolute atomic E-state index is 11.9. The van der Waals surface area contributed by atoms with Crippen molar-refractivity contribution >= 4 is 5.91 Å². The molecule has 1 saturated heterocycles. The number of hydrogen-bond donors (Lipinski definition) is 2. The zero-order valence-electron chi connectivity index (χ0n) is 12.3. The van der Waals surface area contributed by atoms with Gasteiger partial charge in [0.25, 0.3) is 0 Å². The largest absolute Gasteiger partial charge is 0.351 e. The van der Waals surface area contributed by atoms with E-state index in [1.54, 1.807) is 0 Å². The van der Waals surface area contributed by atoms with Crippen LogP contribution < -0.4 is 10.6 Å². The summed E-state index contributed by atoms with van der Waals surface area (Å²) in [5.74, 6) is 0.254. The van der Waals surface area contributed by atoms with Gasteiger partial charge in [-0.2, -0.15) is 0 Å². The topological polar surface area (TPSA) is 44.4 Å². The first-order valence-electron chi connectivity index (χ1n) is 7.98. The molecule has 0 radical (unpaired) electrons. The fourth-order valence-corrected chi connectivity index (χ4v) is 3.38. The van der Waals surface area contributed by atoms with Gasteiger partial charge in [0, 0.05) is 44.7 Å². The third-order valence-corrected chi connectivity index (χ3v) is 4.56. The lowest BCUT2D eigenvalue weighted by atomic mass is 9.92. The van der Waals surface area contributed by atoms with Crippen molar-refractivity contribution in [2.75, 3.05) is 32.7 Å². The molecule has 2 fully saturated rings. The van der Waals surface area contributed by atoms with Crippen LogP contribution in [0.5, 0.6) is 0 Å². The number of rotatable bonds is 6. The van der Waals surface area contributed by atoms with Gasteiger partial charge >= 0.3 is 0 Å². The molecule has 19 heavy (non-hydrogen) atoms. The van der Waals surface area contributed by atoms with E-state index in [9.17, 15) is 4.79 Å². The molecule has 1 aliphatic heterocycles. The Labute approximate surface area is 117 Å². The second-order valence-electron chi connectivity index (χ2n) is 6.13. The van der Waals surface area contributed by atoms with Gasteiger partial charge in [-0.25, -0.2) is 0 Å². The summed E-state index contributed by atoms with van der Waals surface area (Å²) in [7, 11) is 0. The van der Waals surface area contributed by atoms with Crippen molar-refractivity contribution < 1.29 is 4.79 Å². The highest BCUT2D eigenvalue weighted by Gasteiger charge is 2.35. The number of nitrogens with one attached hydrogen (secondary N) is 2. The highest BCUT2D eigenvalue weighted by Crippen LogP contribution is 2.33. The van der Waals surface area contributed by atoms with Crippen LogP contribution in [0.15, 0.2) is 0 Å². The summed E-state index contributed by atoms with van der Waals surface area (Å²) in [4.78, 5) is 14.5. The van der Waals surface area contributed by atoms with E-state index in [1.165, 1.54) is 25.7 Å². The van der Waals surface area contributed by atoms with Crippen LogP contribution in [0.25, 0.3) is 0 Å². The maximum Gasteiger partial charge on any atom is 0.220 e. The predicted molar refractivity (Wildman–Crippen MR) is 78.2 cm³/mol. The summed E-state index contributed by atoms with van der Waals surface area (Å²) in [5, 5.41) is 6.74. The molecule has 0 aromatic heterocycles. The van der Waals surface area contributed by atoms with E-state index >= 15 is 0 Å². The minimum absolute atomic E-state index is 0.108. The molecule has 0 unspecified atom stereocenters. The Morgan fingerprint density at radius 2 is 1.95 bits per heavy atom. The van der Waals surface area contributed by atoms with Crippen LogP contribution in [0.3, 0.4) is 0 Å². The summed E-state index contributed by atoms with van der Waals surface area (Å²) < 4.78 is 0. The first-order valence-corrected chi connectivity index (χ1v) is 7.98. The predicted octanol–water partition coefficient (Wildman–Crippen LogP) is 1.51. The summed E-state index contributed by atoms with van der Waals surface area (Å²) >= 11 is 0. The molecular weight excluding hydrogens is 238 g/mol. The van der Waals surface area contributed by atoms with Gasteiger partial charge in [0.1, 0.15) is 0 Å². The number of amides is 1. The Hall–Kier alpha value is -0.610. The fraction of sp³-hybridized carbons (Fsp3) is 0.933. The van der Waals surface area contributed by atoms with Gasteiger partial charge in [0.05, 0.1) is 0 Å². The Kier molecular flexibility index (Phi) is 5.64. The average molecular weight is 267 g/mol. The lowest BCUT2D eigenvalue weighted by Crippen LogP contribution is -2.50. The number of piperazine rings is 1. The molecule has 1 heterocycles. The van der Waals surface area contributed by atoms with E-state index in [0.717, 1.165) is 45.6 Å². The molecule has 0 atom stereocenters. The van der Waals surface area contributed by atoms with Gasteiger partial charge in [-0.15, -0.1) is 0 Å². The van der Waals surface area contributed by atoms with Crippen LogP contribution in [-0.2, 0) is 4.79 Å². The number of nitrogens with zero attached hydrogens (tertiary/aromatic N) is 1. The lowest BCUT2D eigenvalue weighted by molar-refractivity contribution is -0.123. The summed E-state index contributed by atoms with van der Waals surface area (Å²) in [5.41, 5.74) is 0.108. The van der Waals surface area contributed by atoms with Crippen molar-refractivity contribution in [2.45, 2.75) is 57.4 Å². The van der Waals surface area contributed by atoms with Crippen molar-refractivity contribution in [1.82, 2.24) is 15.5 Å². The van der Waals surface area contributed by atoms with Gasteiger partial charge in [-0.3, -0.25) is 4.79 Å². The van der Waals surface area contributed by atoms with Gasteiger partial charge in [0.2, 0.25) is 5.91 Å². The number of hydrogen-bond acceptors (Lipinski definition) is 3. The van der Waals surface area contributed by atoms with Crippen molar-refractivity contribution in [3.05, 3.63) is 0 Å². The maximum atomic E-state index is 11.9. The first kappa shape index (κ1) is 14.8. The van der Waals surface area contributed by atoms with E-state index in [0.29, 0.717) is 6.42 Å². The van der Waals surface area contributed by atoms with Crippen molar-refractivity contribution in [2.24, 2.45) is 0 Å². The first-order chi connectivity index (χ1) is 9.24. The molecule has 110 valence electrons. The van der Waals surface area contributed by atoms with Crippen LogP contribution in [0.1, 0.15) is 51.9 Å². The van der Waals surface area contributed by atoms with E-state index in [4.69, 9.17) is 0 Å². The highest BCUT2D eigenvalue weighted by molar-refractivity contribution is 5.76. The second kappa shape index (κ2) is 7.25. The minimum atomic E-state index is 0.108.